The fourth-order valence-electron chi connectivity index (χ4n) is 1.66. The summed E-state index contributed by atoms with van der Waals surface area (Å²) in [4.78, 5) is 0. The second kappa shape index (κ2) is 3.47. The third-order valence-electron chi connectivity index (χ3n) is 2.70. The van der Waals surface area contributed by atoms with Crippen molar-refractivity contribution in [3.8, 4) is 0 Å². The van der Waals surface area contributed by atoms with E-state index in [4.69, 9.17) is 5.73 Å². The Kier molecular flexibility index (Phi) is 2.52. The molecule has 0 aromatic carbocycles. The van der Waals surface area contributed by atoms with Crippen LogP contribution in [0.2, 0.25) is 0 Å². The number of hydrogen-bond donors (Lipinski definition) is 2. The minimum atomic E-state index is -3.37. The summed E-state index contributed by atoms with van der Waals surface area (Å²) in [7, 11) is -3.37. The van der Waals surface area contributed by atoms with Gasteiger partial charge >= 0.3 is 0 Å². The van der Waals surface area contributed by atoms with Crippen LogP contribution < -0.4 is 10.5 Å². The number of rotatable bonds is 3. The smallest absolute Gasteiger partial charge is 0.250 e. The molecule has 0 spiro atoms. The first-order valence-corrected chi connectivity index (χ1v) is 7.16. The van der Waals surface area contributed by atoms with E-state index in [1.165, 1.54) is 6.07 Å². The lowest BCUT2D eigenvalue weighted by molar-refractivity contribution is 0.248. The first kappa shape index (κ1) is 10.9. The standard InChI is InChI=1S/C9H14N2O2S2/c1-9(3-2-4-9)11-15(12,13)8-5-7(10)6-14-8/h5-6,11H,2-4,10H2,1H3. The number of hydrogen-bond acceptors (Lipinski definition) is 4. The summed E-state index contributed by atoms with van der Waals surface area (Å²) in [6.07, 6.45) is 2.91. The Balaban J connectivity index is 2.20. The van der Waals surface area contributed by atoms with E-state index in [0.717, 1.165) is 30.6 Å². The second-order valence-corrected chi connectivity index (χ2v) is 7.04. The van der Waals surface area contributed by atoms with Gasteiger partial charge in [0, 0.05) is 16.6 Å². The van der Waals surface area contributed by atoms with Gasteiger partial charge in [-0.25, -0.2) is 13.1 Å². The summed E-state index contributed by atoms with van der Waals surface area (Å²) in [6.45, 7) is 1.94. The molecule has 1 aliphatic carbocycles. The molecule has 3 N–H and O–H groups in total. The topological polar surface area (TPSA) is 72.2 Å². The maximum Gasteiger partial charge on any atom is 0.250 e. The lowest BCUT2D eigenvalue weighted by atomic mass is 9.80. The zero-order valence-corrected chi connectivity index (χ0v) is 10.1. The van der Waals surface area contributed by atoms with Crippen molar-refractivity contribution in [1.82, 2.24) is 4.72 Å². The van der Waals surface area contributed by atoms with Crippen LogP contribution in [0.15, 0.2) is 15.7 Å². The van der Waals surface area contributed by atoms with Crippen LogP contribution in [-0.4, -0.2) is 14.0 Å². The molecule has 0 radical (unpaired) electrons. The highest BCUT2D eigenvalue weighted by atomic mass is 32.2. The second-order valence-electron chi connectivity index (χ2n) is 4.22. The van der Waals surface area contributed by atoms with Gasteiger partial charge < -0.3 is 5.73 Å². The molecule has 6 heteroatoms. The third kappa shape index (κ3) is 2.16. The average Bonchev–Trinajstić information content (AvgIpc) is 2.49. The van der Waals surface area contributed by atoms with Crippen molar-refractivity contribution in [2.45, 2.75) is 35.9 Å². The lowest BCUT2D eigenvalue weighted by Gasteiger charge is -2.38. The van der Waals surface area contributed by atoms with E-state index in [1.807, 2.05) is 6.92 Å². The number of nitrogens with two attached hydrogens (primary N) is 1. The van der Waals surface area contributed by atoms with Gasteiger partial charge in [-0.1, -0.05) is 0 Å². The number of nitrogens with one attached hydrogen (secondary N) is 1. The van der Waals surface area contributed by atoms with Gasteiger partial charge in [0.15, 0.2) is 0 Å². The van der Waals surface area contributed by atoms with Gasteiger partial charge in [-0.2, -0.15) is 0 Å². The number of anilines is 1. The highest BCUT2D eigenvalue weighted by molar-refractivity contribution is 7.91. The first-order chi connectivity index (χ1) is 6.91. The predicted molar refractivity (Wildman–Crippen MR) is 61.3 cm³/mol. The van der Waals surface area contributed by atoms with Crippen molar-refractivity contribution in [2.75, 3.05) is 5.73 Å². The fraction of sp³-hybridized carbons (Fsp3) is 0.556. The largest absolute Gasteiger partial charge is 0.398 e. The van der Waals surface area contributed by atoms with Crippen LogP contribution in [0, 0.1) is 0 Å². The number of sulfonamides is 1. The van der Waals surface area contributed by atoms with Crippen molar-refractivity contribution in [1.29, 1.82) is 0 Å². The summed E-state index contributed by atoms with van der Waals surface area (Å²) in [5, 5.41) is 1.64. The van der Waals surface area contributed by atoms with Gasteiger partial charge in [-0.3, -0.25) is 0 Å². The van der Waals surface area contributed by atoms with Crippen molar-refractivity contribution < 1.29 is 8.42 Å². The van der Waals surface area contributed by atoms with Gasteiger partial charge in [0.2, 0.25) is 0 Å². The molecule has 1 fully saturated rings. The van der Waals surface area contributed by atoms with Gasteiger partial charge in [-0.15, -0.1) is 11.3 Å². The molecule has 84 valence electrons. The van der Waals surface area contributed by atoms with Crippen molar-refractivity contribution in [3.63, 3.8) is 0 Å². The Morgan fingerprint density at radius 2 is 2.20 bits per heavy atom. The van der Waals surface area contributed by atoms with Crippen LogP contribution in [0.3, 0.4) is 0 Å². The normalized spacial score (nSPS) is 19.8. The molecular formula is C9H14N2O2S2. The minimum absolute atomic E-state index is 0.252. The summed E-state index contributed by atoms with van der Waals surface area (Å²) in [6, 6.07) is 1.50. The molecule has 0 saturated heterocycles. The molecule has 2 rings (SSSR count). The van der Waals surface area contributed by atoms with Crippen LogP contribution in [0.1, 0.15) is 26.2 Å². The van der Waals surface area contributed by atoms with Crippen LogP contribution in [-0.2, 0) is 10.0 Å². The maximum atomic E-state index is 11.9. The Bertz CT molecular complexity index is 460. The molecule has 0 aliphatic heterocycles. The molecule has 0 amide bonds. The minimum Gasteiger partial charge on any atom is -0.398 e. The summed E-state index contributed by atoms with van der Waals surface area (Å²) in [5.41, 5.74) is 5.75. The monoisotopic (exact) mass is 246 g/mol. The van der Waals surface area contributed by atoms with E-state index in [0.29, 0.717) is 9.90 Å². The molecule has 1 aromatic heterocycles. The van der Waals surface area contributed by atoms with Gasteiger partial charge in [-0.05, 0) is 32.3 Å². The summed E-state index contributed by atoms with van der Waals surface area (Å²) in [5.74, 6) is 0. The van der Waals surface area contributed by atoms with E-state index in [9.17, 15) is 8.42 Å². The zero-order chi connectivity index (χ0) is 11.1. The predicted octanol–water partition coefficient (Wildman–Crippen LogP) is 1.55. The highest BCUT2D eigenvalue weighted by Gasteiger charge is 2.36. The van der Waals surface area contributed by atoms with Crippen molar-refractivity contribution >= 4 is 27.0 Å². The quantitative estimate of drug-likeness (QED) is 0.850. The Hall–Kier alpha value is -0.590. The maximum absolute atomic E-state index is 11.9. The molecule has 0 unspecified atom stereocenters. The van der Waals surface area contributed by atoms with E-state index in [-0.39, 0.29) is 5.54 Å². The molecule has 1 heterocycles. The van der Waals surface area contributed by atoms with E-state index >= 15 is 0 Å². The molecule has 4 nitrogen and oxygen atoms in total. The van der Waals surface area contributed by atoms with Crippen LogP contribution in [0.4, 0.5) is 5.69 Å². The van der Waals surface area contributed by atoms with E-state index in [1.54, 1.807) is 5.38 Å². The summed E-state index contributed by atoms with van der Waals surface area (Å²) < 4.78 is 26.8. The van der Waals surface area contributed by atoms with Crippen molar-refractivity contribution in [3.05, 3.63) is 11.4 Å². The van der Waals surface area contributed by atoms with Crippen LogP contribution >= 0.6 is 11.3 Å². The Labute approximate surface area is 93.5 Å². The molecule has 0 bridgehead atoms. The Morgan fingerprint density at radius 3 is 2.60 bits per heavy atom. The Morgan fingerprint density at radius 1 is 1.53 bits per heavy atom. The molecule has 15 heavy (non-hydrogen) atoms. The van der Waals surface area contributed by atoms with Gasteiger partial charge in [0.25, 0.3) is 10.0 Å². The fourth-order valence-corrected chi connectivity index (χ4v) is 4.20. The average molecular weight is 246 g/mol. The van der Waals surface area contributed by atoms with Crippen LogP contribution in [0.5, 0.6) is 0 Å². The van der Waals surface area contributed by atoms with E-state index in [2.05, 4.69) is 4.72 Å². The number of thiophene rings is 1. The van der Waals surface area contributed by atoms with Crippen LogP contribution in [0.25, 0.3) is 0 Å². The molecule has 1 aliphatic rings. The molecule has 1 saturated carbocycles. The SMILES string of the molecule is CC1(NS(=O)(=O)c2cc(N)cs2)CCC1. The number of nitrogen functional groups attached to an aromatic ring is 1. The molecule has 0 atom stereocenters. The first-order valence-electron chi connectivity index (χ1n) is 4.79. The summed E-state index contributed by atoms with van der Waals surface area (Å²) >= 11 is 1.16. The zero-order valence-electron chi connectivity index (χ0n) is 8.49. The molecular weight excluding hydrogens is 232 g/mol. The third-order valence-corrected chi connectivity index (χ3v) is 5.79. The molecule has 1 aromatic rings. The highest BCUT2D eigenvalue weighted by Crippen LogP contribution is 2.33. The van der Waals surface area contributed by atoms with Gasteiger partial charge in [0.1, 0.15) is 4.21 Å². The van der Waals surface area contributed by atoms with Crippen molar-refractivity contribution in [2.24, 2.45) is 0 Å². The van der Waals surface area contributed by atoms with Gasteiger partial charge in [0.05, 0.1) is 0 Å². The van der Waals surface area contributed by atoms with E-state index < -0.39 is 10.0 Å². The lowest BCUT2D eigenvalue weighted by Crippen LogP contribution is -2.50.